The first-order valence-corrected chi connectivity index (χ1v) is 7.27. The van der Waals surface area contributed by atoms with Crippen LogP contribution in [0.1, 0.15) is 27.7 Å². The van der Waals surface area contributed by atoms with Crippen LogP contribution in [0.15, 0.2) is 29.2 Å². The molecule has 0 aromatic heterocycles. The molecule has 100 valence electrons. The Bertz CT molecular complexity index is 521. The molecule has 0 radical (unpaired) electrons. The molecular weight excluding hydrogens is 252 g/mol. The fourth-order valence-electron chi connectivity index (χ4n) is 1.42. The van der Waals surface area contributed by atoms with Crippen LogP contribution in [-0.4, -0.2) is 25.6 Å². The number of rotatable bonds is 4. The lowest BCUT2D eigenvalue weighted by molar-refractivity contribution is -0.114. The molecule has 0 atom stereocenters. The molecule has 0 bridgehead atoms. The predicted octanol–water partition coefficient (Wildman–Crippen LogP) is 2.23. The van der Waals surface area contributed by atoms with Crippen LogP contribution in [0, 0.1) is 0 Å². The van der Waals surface area contributed by atoms with E-state index in [9.17, 15) is 13.2 Å². The quantitative estimate of drug-likeness (QED) is 0.841. The number of hydrogen-bond acceptors (Lipinski definition) is 4. The van der Waals surface area contributed by atoms with Crippen molar-refractivity contribution in [1.29, 1.82) is 0 Å². The summed E-state index contributed by atoms with van der Waals surface area (Å²) in [6, 6.07) is 6.11. The van der Waals surface area contributed by atoms with Gasteiger partial charge in [-0.3, -0.25) is 4.79 Å². The van der Waals surface area contributed by atoms with Crippen molar-refractivity contribution >= 4 is 15.6 Å². The largest absolute Gasteiger partial charge is 0.488 e. The van der Waals surface area contributed by atoms with Crippen LogP contribution in [0.2, 0.25) is 0 Å². The van der Waals surface area contributed by atoms with Gasteiger partial charge in [0.2, 0.25) is 0 Å². The van der Waals surface area contributed by atoms with Gasteiger partial charge in [-0.05, 0) is 52.0 Å². The van der Waals surface area contributed by atoms with Gasteiger partial charge in [-0.2, -0.15) is 0 Å². The Balaban J connectivity index is 2.93. The van der Waals surface area contributed by atoms with E-state index >= 15 is 0 Å². The molecule has 1 aromatic carbocycles. The van der Waals surface area contributed by atoms with E-state index in [1.807, 2.05) is 20.8 Å². The van der Waals surface area contributed by atoms with Crippen LogP contribution >= 0.6 is 0 Å². The van der Waals surface area contributed by atoms with Gasteiger partial charge in [0, 0.05) is 0 Å². The highest BCUT2D eigenvalue weighted by Gasteiger charge is 2.17. The summed E-state index contributed by atoms with van der Waals surface area (Å²) in [6.07, 6.45) is 0. The Kier molecular flexibility index (Phi) is 4.16. The number of ketones is 1. The monoisotopic (exact) mass is 270 g/mol. The van der Waals surface area contributed by atoms with Crippen LogP contribution in [0.3, 0.4) is 0 Å². The van der Waals surface area contributed by atoms with Gasteiger partial charge in [0.25, 0.3) is 0 Å². The maximum absolute atomic E-state index is 11.8. The Labute approximate surface area is 108 Å². The summed E-state index contributed by atoms with van der Waals surface area (Å²) in [6.45, 7) is 6.99. The van der Waals surface area contributed by atoms with Gasteiger partial charge >= 0.3 is 0 Å². The molecule has 0 amide bonds. The molecule has 0 aliphatic carbocycles. The van der Waals surface area contributed by atoms with Crippen molar-refractivity contribution in [1.82, 2.24) is 0 Å². The first-order valence-electron chi connectivity index (χ1n) is 5.61. The maximum Gasteiger partial charge on any atom is 0.185 e. The van der Waals surface area contributed by atoms with E-state index in [0.717, 1.165) is 0 Å². The van der Waals surface area contributed by atoms with Crippen molar-refractivity contribution in [2.75, 3.05) is 5.75 Å². The third-order valence-electron chi connectivity index (χ3n) is 2.00. The lowest BCUT2D eigenvalue weighted by atomic mass is 10.2. The molecule has 0 aliphatic heterocycles. The van der Waals surface area contributed by atoms with Gasteiger partial charge in [-0.15, -0.1) is 0 Å². The second-order valence-electron chi connectivity index (χ2n) is 5.15. The van der Waals surface area contributed by atoms with E-state index in [4.69, 9.17) is 4.74 Å². The molecule has 0 fully saturated rings. The highest BCUT2D eigenvalue weighted by atomic mass is 32.2. The van der Waals surface area contributed by atoms with Crippen LogP contribution in [0.5, 0.6) is 5.75 Å². The van der Waals surface area contributed by atoms with Crippen molar-refractivity contribution in [2.45, 2.75) is 38.2 Å². The van der Waals surface area contributed by atoms with Gasteiger partial charge in [0.05, 0.1) is 4.90 Å². The minimum absolute atomic E-state index is 0.138. The van der Waals surface area contributed by atoms with E-state index in [1.54, 1.807) is 12.1 Å². The molecule has 4 nitrogen and oxygen atoms in total. The van der Waals surface area contributed by atoms with Crippen LogP contribution in [0.25, 0.3) is 0 Å². The summed E-state index contributed by atoms with van der Waals surface area (Å²) in [5.41, 5.74) is -0.334. The number of carbonyl (C=O) groups excluding carboxylic acids is 1. The van der Waals surface area contributed by atoms with Crippen molar-refractivity contribution < 1.29 is 17.9 Å². The fourth-order valence-corrected chi connectivity index (χ4v) is 2.67. The Morgan fingerprint density at radius 1 is 1.17 bits per heavy atom. The molecule has 0 heterocycles. The van der Waals surface area contributed by atoms with Gasteiger partial charge in [-0.25, -0.2) is 8.42 Å². The zero-order chi connectivity index (χ0) is 14.0. The number of hydrogen-bond donors (Lipinski definition) is 0. The molecule has 5 heteroatoms. The first-order chi connectivity index (χ1) is 8.10. The Hall–Kier alpha value is -1.36. The molecule has 0 aliphatic rings. The molecule has 1 rings (SSSR count). The van der Waals surface area contributed by atoms with E-state index in [-0.39, 0.29) is 16.3 Å². The normalized spacial score (nSPS) is 12.2. The number of carbonyl (C=O) groups is 1. The molecular formula is C13H18O4S. The summed E-state index contributed by atoms with van der Waals surface area (Å²) in [5, 5.41) is 0. The number of Topliss-reactive ketones (excluding diaryl/α,β-unsaturated/α-hetero) is 1. The van der Waals surface area contributed by atoms with Crippen molar-refractivity contribution in [3.63, 3.8) is 0 Å². The van der Waals surface area contributed by atoms with E-state index in [1.165, 1.54) is 19.1 Å². The van der Waals surface area contributed by atoms with Crippen LogP contribution < -0.4 is 4.74 Å². The number of ether oxygens (including phenoxy) is 1. The summed E-state index contributed by atoms with van der Waals surface area (Å²) in [4.78, 5) is 11.0. The third kappa shape index (κ3) is 4.49. The van der Waals surface area contributed by atoms with E-state index in [2.05, 4.69) is 0 Å². The summed E-state index contributed by atoms with van der Waals surface area (Å²) in [7, 11) is -3.53. The fraction of sp³-hybridized carbons (Fsp3) is 0.462. The zero-order valence-electron chi connectivity index (χ0n) is 11.1. The van der Waals surface area contributed by atoms with Crippen LogP contribution in [0.4, 0.5) is 0 Å². The molecule has 18 heavy (non-hydrogen) atoms. The van der Waals surface area contributed by atoms with Gasteiger partial charge in [-0.1, -0.05) is 0 Å². The van der Waals surface area contributed by atoms with Gasteiger partial charge in [0.15, 0.2) is 9.84 Å². The summed E-state index contributed by atoms with van der Waals surface area (Å²) < 4.78 is 29.1. The van der Waals surface area contributed by atoms with Crippen LogP contribution in [-0.2, 0) is 14.6 Å². The number of sulfone groups is 1. The van der Waals surface area contributed by atoms with Gasteiger partial charge in [0.1, 0.15) is 22.9 Å². The zero-order valence-corrected chi connectivity index (χ0v) is 11.9. The molecule has 0 spiro atoms. The van der Waals surface area contributed by atoms with E-state index in [0.29, 0.717) is 5.75 Å². The van der Waals surface area contributed by atoms with E-state index < -0.39 is 15.6 Å². The second-order valence-corrected chi connectivity index (χ2v) is 7.14. The molecule has 0 N–H and O–H groups in total. The Morgan fingerprint density at radius 2 is 1.67 bits per heavy atom. The average Bonchev–Trinajstić information content (AvgIpc) is 2.13. The lowest BCUT2D eigenvalue weighted by Crippen LogP contribution is -2.22. The lowest BCUT2D eigenvalue weighted by Gasteiger charge is -2.21. The standard InChI is InChI=1S/C13H18O4S/c1-10(14)9-18(15,16)12-7-5-11(6-8-12)17-13(2,3)4/h5-8H,9H2,1-4H3. The smallest absolute Gasteiger partial charge is 0.185 e. The molecule has 0 saturated carbocycles. The van der Waals surface area contributed by atoms with Gasteiger partial charge < -0.3 is 4.74 Å². The molecule has 0 saturated heterocycles. The summed E-state index contributed by atoms with van der Waals surface area (Å²) >= 11 is 0. The molecule has 0 unspecified atom stereocenters. The second kappa shape index (κ2) is 5.10. The van der Waals surface area contributed by atoms with Crippen molar-refractivity contribution in [3.8, 4) is 5.75 Å². The topological polar surface area (TPSA) is 60.4 Å². The first kappa shape index (κ1) is 14.7. The summed E-state index contributed by atoms with van der Waals surface area (Å²) in [5.74, 6) is -0.235. The maximum atomic E-state index is 11.8. The highest BCUT2D eigenvalue weighted by molar-refractivity contribution is 7.92. The number of benzene rings is 1. The molecule has 1 aromatic rings. The Morgan fingerprint density at radius 3 is 2.06 bits per heavy atom. The average molecular weight is 270 g/mol. The minimum atomic E-state index is -3.53. The van der Waals surface area contributed by atoms with Crippen molar-refractivity contribution in [3.05, 3.63) is 24.3 Å². The predicted molar refractivity (Wildman–Crippen MR) is 69.6 cm³/mol. The SMILES string of the molecule is CC(=O)CS(=O)(=O)c1ccc(OC(C)(C)C)cc1. The minimum Gasteiger partial charge on any atom is -0.488 e. The third-order valence-corrected chi connectivity index (χ3v) is 3.78. The van der Waals surface area contributed by atoms with Crippen molar-refractivity contribution in [2.24, 2.45) is 0 Å². The highest BCUT2D eigenvalue weighted by Crippen LogP contribution is 2.21.